The van der Waals surface area contributed by atoms with E-state index >= 15 is 0 Å². The Balaban J connectivity index is 2.69. The van der Waals surface area contributed by atoms with E-state index in [1.807, 2.05) is 13.0 Å². The Labute approximate surface area is 114 Å². The van der Waals surface area contributed by atoms with E-state index in [0.717, 1.165) is 9.99 Å². The SMILES string of the molecule is CCC(N)CNC(=O)c1cc(Cl)ccc1I. The molecule has 0 aliphatic rings. The highest BCUT2D eigenvalue weighted by molar-refractivity contribution is 14.1. The highest BCUT2D eigenvalue weighted by Gasteiger charge is 2.11. The van der Waals surface area contributed by atoms with Gasteiger partial charge in [0.25, 0.3) is 5.91 Å². The van der Waals surface area contributed by atoms with Crippen LogP contribution in [-0.2, 0) is 0 Å². The van der Waals surface area contributed by atoms with Crippen LogP contribution < -0.4 is 11.1 Å². The third kappa shape index (κ3) is 3.92. The van der Waals surface area contributed by atoms with Crippen molar-refractivity contribution in [1.29, 1.82) is 0 Å². The van der Waals surface area contributed by atoms with Crippen molar-refractivity contribution in [2.24, 2.45) is 5.73 Å². The molecule has 0 fully saturated rings. The summed E-state index contributed by atoms with van der Waals surface area (Å²) >= 11 is 7.95. The van der Waals surface area contributed by atoms with E-state index in [4.69, 9.17) is 17.3 Å². The summed E-state index contributed by atoms with van der Waals surface area (Å²) in [6, 6.07) is 5.24. The highest BCUT2D eigenvalue weighted by atomic mass is 127. The summed E-state index contributed by atoms with van der Waals surface area (Å²) in [4.78, 5) is 11.8. The molecule has 0 saturated heterocycles. The van der Waals surface area contributed by atoms with Gasteiger partial charge in [0.05, 0.1) is 5.56 Å². The molecule has 1 aromatic rings. The van der Waals surface area contributed by atoms with Crippen LogP contribution in [0.1, 0.15) is 23.7 Å². The fourth-order valence-electron chi connectivity index (χ4n) is 1.13. The van der Waals surface area contributed by atoms with Crippen molar-refractivity contribution in [3.05, 3.63) is 32.4 Å². The average Bonchev–Trinajstić information content (AvgIpc) is 2.28. The van der Waals surface area contributed by atoms with Gasteiger partial charge < -0.3 is 11.1 Å². The maximum Gasteiger partial charge on any atom is 0.252 e. The second-order valence-electron chi connectivity index (χ2n) is 3.50. The minimum Gasteiger partial charge on any atom is -0.350 e. The van der Waals surface area contributed by atoms with Gasteiger partial charge in [-0.25, -0.2) is 0 Å². The molecular weight excluding hydrogens is 338 g/mol. The number of carbonyl (C=O) groups is 1. The fourth-order valence-corrected chi connectivity index (χ4v) is 1.89. The normalized spacial score (nSPS) is 12.2. The topological polar surface area (TPSA) is 55.1 Å². The van der Waals surface area contributed by atoms with Gasteiger partial charge >= 0.3 is 0 Å². The zero-order valence-electron chi connectivity index (χ0n) is 8.97. The Hall–Kier alpha value is -0.330. The molecule has 3 N–H and O–H groups in total. The van der Waals surface area contributed by atoms with Crippen molar-refractivity contribution in [3.8, 4) is 0 Å². The van der Waals surface area contributed by atoms with Gasteiger partial charge in [-0.15, -0.1) is 0 Å². The molecular formula is C11H14ClIN2O. The lowest BCUT2D eigenvalue weighted by molar-refractivity contribution is 0.0950. The van der Waals surface area contributed by atoms with Crippen molar-refractivity contribution in [2.75, 3.05) is 6.54 Å². The Kier molecular flexibility index (Phi) is 5.51. The first-order valence-electron chi connectivity index (χ1n) is 5.03. The molecule has 88 valence electrons. The summed E-state index contributed by atoms with van der Waals surface area (Å²) < 4.78 is 0.879. The number of nitrogens with two attached hydrogens (primary N) is 1. The van der Waals surface area contributed by atoms with Crippen LogP contribution in [0.15, 0.2) is 18.2 Å². The van der Waals surface area contributed by atoms with Crippen LogP contribution >= 0.6 is 34.2 Å². The van der Waals surface area contributed by atoms with Crippen LogP contribution in [0, 0.1) is 3.57 Å². The molecule has 0 aromatic heterocycles. The standard InChI is InChI=1S/C11H14ClIN2O/c1-2-8(14)6-15-11(16)9-5-7(12)3-4-10(9)13/h3-5,8H,2,6,14H2,1H3,(H,15,16). The Bertz CT molecular complexity index is 384. The number of hydrogen-bond donors (Lipinski definition) is 2. The van der Waals surface area contributed by atoms with E-state index < -0.39 is 0 Å². The number of halogens is 2. The van der Waals surface area contributed by atoms with Crippen LogP contribution in [0.2, 0.25) is 5.02 Å². The second-order valence-corrected chi connectivity index (χ2v) is 5.10. The Morgan fingerprint density at radius 3 is 2.94 bits per heavy atom. The third-order valence-corrected chi connectivity index (χ3v) is 3.40. The highest BCUT2D eigenvalue weighted by Crippen LogP contribution is 2.17. The molecule has 0 aliphatic carbocycles. The predicted molar refractivity (Wildman–Crippen MR) is 74.8 cm³/mol. The molecule has 0 spiro atoms. The molecule has 3 nitrogen and oxygen atoms in total. The summed E-state index contributed by atoms with van der Waals surface area (Å²) in [5, 5.41) is 3.35. The maximum atomic E-state index is 11.8. The minimum absolute atomic E-state index is 0.000736. The smallest absolute Gasteiger partial charge is 0.252 e. The molecule has 0 heterocycles. The molecule has 1 aromatic carbocycles. The van der Waals surface area contributed by atoms with Crippen molar-refractivity contribution >= 4 is 40.1 Å². The van der Waals surface area contributed by atoms with E-state index in [-0.39, 0.29) is 11.9 Å². The Morgan fingerprint density at radius 2 is 2.31 bits per heavy atom. The fraction of sp³-hybridized carbons (Fsp3) is 0.364. The van der Waals surface area contributed by atoms with Crippen molar-refractivity contribution in [2.45, 2.75) is 19.4 Å². The lowest BCUT2D eigenvalue weighted by Gasteiger charge is -2.11. The maximum absolute atomic E-state index is 11.8. The molecule has 1 rings (SSSR count). The monoisotopic (exact) mass is 352 g/mol. The molecule has 5 heteroatoms. The van der Waals surface area contributed by atoms with Crippen LogP contribution in [0.5, 0.6) is 0 Å². The van der Waals surface area contributed by atoms with Crippen LogP contribution in [0.25, 0.3) is 0 Å². The van der Waals surface area contributed by atoms with E-state index in [1.165, 1.54) is 0 Å². The molecule has 1 amide bonds. The zero-order valence-corrected chi connectivity index (χ0v) is 11.9. The van der Waals surface area contributed by atoms with Crippen molar-refractivity contribution in [1.82, 2.24) is 5.32 Å². The van der Waals surface area contributed by atoms with Gasteiger partial charge in [-0.3, -0.25) is 4.79 Å². The van der Waals surface area contributed by atoms with Crippen LogP contribution in [0.4, 0.5) is 0 Å². The van der Waals surface area contributed by atoms with Crippen molar-refractivity contribution < 1.29 is 4.79 Å². The molecule has 16 heavy (non-hydrogen) atoms. The van der Waals surface area contributed by atoms with Gasteiger partial charge in [-0.05, 0) is 47.2 Å². The van der Waals surface area contributed by atoms with Gasteiger partial charge in [-0.2, -0.15) is 0 Å². The first-order chi connectivity index (χ1) is 7.54. The van der Waals surface area contributed by atoms with Gasteiger partial charge in [0.15, 0.2) is 0 Å². The first kappa shape index (κ1) is 13.7. The minimum atomic E-state index is -0.129. The predicted octanol–water partition coefficient (Wildman–Crippen LogP) is 2.41. The third-order valence-electron chi connectivity index (χ3n) is 2.22. The van der Waals surface area contributed by atoms with Crippen LogP contribution in [0.3, 0.4) is 0 Å². The molecule has 0 radical (unpaired) electrons. The number of carbonyl (C=O) groups excluding carboxylic acids is 1. The second kappa shape index (κ2) is 6.42. The van der Waals surface area contributed by atoms with Gasteiger partial charge in [0.2, 0.25) is 0 Å². The molecule has 0 aliphatic heterocycles. The van der Waals surface area contributed by atoms with Crippen LogP contribution in [-0.4, -0.2) is 18.5 Å². The number of hydrogen-bond acceptors (Lipinski definition) is 2. The largest absolute Gasteiger partial charge is 0.350 e. The summed E-state index contributed by atoms with van der Waals surface area (Å²) in [6.07, 6.45) is 0.840. The molecule has 1 atom stereocenters. The number of rotatable bonds is 4. The molecule has 0 bridgehead atoms. The van der Waals surface area contributed by atoms with Gasteiger partial charge in [0, 0.05) is 21.2 Å². The lowest BCUT2D eigenvalue weighted by atomic mass is 10.2. The van der Waals surface area contributed by atoms with E-state index in [1.54, 1.807) is 12.1 Å². The van der Waals surface area contributed by atoms with E-state index in [0.29, 0.717) is 17.1 Å². The van der Waals surface area contributed by atoms with E-state index in [9.17, 15) is 4.79 Å². The average molecular weight is 353 g/mol. The van der Waals surface area contributed by atoms with Crippen molar-refractivity contribution in [3.63, 3.8) is 0 Å². The molecule has 1 unspecified atom stereocenters. The Morgan fingerprint density at radius 1 is 1.62 bits per heavy atom. The summed E-state index contributed by atoms with van der Waals surface area (Å²) in [5.74, 6) is -0.129. The zero-order chi connectivity index (χ0) is 12.1. The number of benzene rings is 1. The first-order valence-corrected chi connectivity index (χ1v) is 6.49. The summed E-state index contributed by atoms with van der Waals surface area (Å²) in [7, 11) is 0. The summed E-state index contributed by atoms with van der Waals surface area (Å²) in [6.45, 7) is 2.47. The quantitative estimate of drug-likeness (QED) is 0.818. The molecule has 0 saturated carbocycles. The van der Waals surface area contributed by atoms with Gasteiger partial charge in [0.1, 0.15) is 0 Å². The lowest BCUT2D eigenvalue weighted by Crippen LogP contribution is -2.36. The summed E-state index contributed by atoms with van der Waals surface area (Å²) in [5.41, 5.74) is 6.32. The number of nitrogens with one attached hydrogen (secondary N) is 1. The van der Waals surface area contributed by atoms with E-state index in [2.05, 4.69) is 27.9 Å². The number of amides is 1. The van der Waals surface area contributed by atoms with Gasteiger partial charge in [-0.1, -0.05) is 18.5 Å².